The minimum atomic E-state index is -0.0375. The number of nitrogens with zero attached hydrogens (tertiary/aromatic N) is 1. The normalized spacial score (nSPS) is 23.0. The summed E-state index contributed by atoms with van der Waals surface area (Å²) in [5, 5.41) is 0. The molecule has 1 aliphatic carbocycles. The lowest BCUT2D eigenvalue weighted by Crippen LogP contribution is -2.46. The molecule has 0 N–H and O–H groups in total. The molecule has 1 aliphatic heterocycles. The molecule has 0 unspecified atom stereocenters. The fourth-order valence-electron chi connectivity index (χ4n) is 3.25. The zero-order valence-corrected chi connectivity index (χ0v) is 10.4. The highest BCUT2D eigenvalue weighted by molar-refractivity contribution is 5.98. The van der Waals surface area contributed by atoms with E-state index in [1.807, 2.05) is 0 Å². The zero-order valence-electron chi connectivity index (χ0n) is 10.4. The third kappa shape index (κ3) is 1.96. The first-order chi connectivity index (χ1) is 8.69. The van der Waals surface area contributed by atoms with Crippen molar-refractivity contribution in [2.75, 3.05) is 0 Å². The Morgan fingerprint density at radius 1 is 1.17 bits per heavy atom. The molecular weight excluding hydrogens is 230 g/mol. The van der Waals surface area contributed by atoms with Gasteiger partial charge in [-0.2, -0.15) is 0 Å². The van der Waals surface area contributed by atoms with Crippen LogP contribution in [0.15, 0.2) is 22.8 Å². The highest BCUT2D eigenvalue weighted by Crippen LogP contribution is 2.47. The standard InChI is InChI=1S/C14H17NO3/c16-12-8-14(5-1-2-6-14)9-13(17)15(12)10-11-4-3-7-18-11/h3-4,7H,1-2,5-6,8-10H2. The Morgan fingerprint density at radius 2 is 1.83 bits per heavy atom. The molecule has 1 aromatic heterocycles. The number of furan rings is 1. The number of piperidine rings is 1. The molecule has 1 aromatic rings. The Bertz CT molecular complexity index is 437. The van der Waals surface area contributed by atoms with Crippen molar-refractivity contribution in [1.29, 1.82) is 0 Å². The van der Waals surface area contributed by atoms with Crippen molar-refractivity contribution in [2.24, 2.45) is 5.41 Å². The van der Waals surface area contributed by atoms with Gasteiger partial charge in [0.15, 0.2) is 0 Å². The maximum absolute atomic E-state index is 12.2. The molecular formula is C14H17NO3. The van der Waals surface area contributed by atoms with Crippen LogP contribution in [-0.4, -0.2) is 16.7 Å². The lowest BCUT2D eigenvalue weighted by atomic mass is 9.76. The van der Waals surface area contributed by atoms with Crippen LogP contribution in [0.25, 0.3) is 0 Å². The Kier molecular flexibility index (Phi) is 2.73. The van der Waals surface area contributed by atoms with E-state index in [2.05, 4.69) is 0 Å². The molecule has 1 saturated heterocycles. The fourth-order valence-corrected chi connectivity index (χ4v) is 3.25. The summed E-state index contributed by atoms with van der Waals surface area (Å²) >= 11 is 0. The molecule has 3 rings (SSSR count). The van der Waals surface area contributed by atoms with Crippen molar-refractivity contribution < 1.29 is 14.0 Å². The highest BCUT2D eigenvalue weighted by atomic mass is 16.3. The van der Waals surface area contributed by atoms with Gasteiger partial charge in [-0.1, -0.05) is 12.8 Å². The second-order valence-electron chi connectivity index (χ2n) is 5.51. The molecule has 2 fully saturated rings. The topological polar surface area (TPSA) is 50.5 Å². The summed E-state index contributed by atoms with van der Waals surface area (Å²) in [7, 11) is 0. The fraction of sp³-hybridized carbons (Fsp3) is 0.571. The molecule has 0 aromatic carbocycles. The quantitative estimate of drug-likeness (QED) is 0.754. The number of carbonyl (C=O) groups excluding carboxylic acids is 2. The van der Waals surface area contributed by atoms with Gasteiger partial charge >= 0.3 is 0 Å². The molecule has 1 spiro atoms. The summed E-state index contributed by atoms with van der Waals surface area (Å²) in [5.74, 6) is 0.591. The van der Waals surface area contributed by atoms with E-state index in [0.29, 0.717) is 18.6 Å². The minimum Gasteiger partial charge on any atom is -0.467 e. The first-order valence-electron chi connectivity index (χ1n) is 6.54. The molecule has 2 heterocycles. The smallest absolute Gasteiger partial charge is 0.230 e. The Labute approximate surface area is 106 Å². The van der Waals surface area contributed by atoms with Crippen LogP contribution >= 0.6 is 0 Å². The van der Waals surface area contributed by atoms with Gasteiger partial charge in [-0.15, -0.1) is 0 Å². The van der Waals surface area contributed by atoms with Gasteiger partial charge < -0.3 is 4.42 Å². The number of hydrogen-bond donors (Lipinski definition) is 0. The monoisotopic (exact) mass is 247 g/mol. The summed E-state index contributed by atoms with van der Waals surface area (Å²) in [5.41, 5.74) is -0.0200. The van der Waals surface area contributed by atoms with Gasteiger partial charge in [0.05, 0.1) is 12.8 Å². The van der Waals surface area contributed by atoms with E-state index in [-0.39, 0.29) is 23.8 Å². The van der Waals surface area contributed by atoms with Crippen LogP contribution in [0.3, 0.4) is 0 Å². The number of likely N-dealkylation sites (tertiary alicyclic amines) is 1. The summed E-state index contributed by atoms with van der Waals surface area (Å²) < 4.78 is 5.20. The summed E-state index contributed by atoms with van der Waals surface area (Å²) in [6, 6.07) is 3.56. The van der Waals surface area contributed by atoms with Crippen LogP contribution in [0.2, 0.25) is 0 Å². The van der Waals surface area contributed by atoms with Crippen molar-refractivity contribution in [3.63, 3.8) is 0 Å². The van der Waals surface area contributed by atoms with Gasteiger partial charge in [0.2, 0.25) is 11.8 Å². The first kappa shape index (κ1) is 11.5. The largest absolute Gasteiger partial charge is 0.467 e. The molecule has 0 atom stereocenters. The molecule has 0 radical (unpaired) electrons. The van der Waals surface area contributed by atoms with Gasteiger partial charge in [0, 0.05) is 12.8 Å². The lowest BCUT2D eigenvalue weighted by molar-refractivity contribution is -0.154. The first-order valence-corrected chi connectivity index (χ1v) is 6.54. The number of imide groups is 1. The van der Waals surface area contributed by atoms with Crippen molar-refractivity contribution in [3.05, 3.63) is 24.2 Å². The molecule has 2 amide bonds. The third-order valence-electron chi connectivity index (χ3n) is 4.21. The molecule has 4 heteroatoms. The number of hydrogen-bond acceptors (Lipinski definition) is 3. The maximum atomic E-state index is 12.2. The average Bonchev–Trinajstić information content (AvgIpc) is 2.96. The van der Waals surface area contributed by atoms with Gasteiger partial charge in [0.25, 0.3) is 0 Å². The molecule has 1 saturated carbocycles. The summed E-state index contributed by atoms with van der Waals surface area (Å²) in [6.07, 6.45) is 6.97. The van der Waals surface area contributed by atoms with Crippen molar-refractivity contribution in [1.82, 2.24) is 4.90 Å². The second kappa shape index (κ2) is 4.26. The van der Waals surface area contributed by atoms with E-state index in [0.717, 1.165) is 25.7 Å². The van der Waals surface area contributed by atoms with E-state index in [1.54, 1.807) is 18.4 Å². The molecule has 0 bridgehead atoms. The highest BCUT2D eigenvalue weighted by Gasteiger charge is 2.45. The molecule has 18 heavy (non-hydrogen) atoms. The predicted octanol–water partition coefficient (Wildman–Crippen LogP) is 2.49. The van der Waals surface area contributed by atoms with E-state index >= 15 is 0 Å². The van der Waals surface area contributed by atoms with Gasteiger partial charge in [-0.05, 0) is 30.4 Å². The minimum absolute atomic E-state index is 0.0200. The molecule has 96 valence electrons. The van der Waals surface area contributed by atoms with Crippen LogP contribution < -0.4 is 0 Å². The van der Waals surface area contributed by atoms with E-state index in [4.69, 9.17) is 4.42 Å². The van der Waals surface area contributed by atoms with Crippen LogP contribution in [-0.2, 0) is 16.1 Å². The average molecular weight is 247 g/mol. The van der Waals surface area contributed by atoms with Crippen LogP contribution in [0.5, 0.6) is 0 Å². The van der Waals surface area contributed by atoms with Crippen molar-refractivity contribution in [2.45, 2.75) is 45.1 Å². The molecule has 4 nitrogen and oxygen atoms in total. The van der Waals surface area contributed by atoms with Gasteiger partial charge in [-0.3, -0.25) is 14.5 Å². The summed E-state index contributed by atoms with van der Waals surface area (Å²) in [4.78, 5) is 25.7. The van der Waals surface area contributed by atoms with Crippen LogP contribution in [0.4, 0.5) is 0 Å². The van der Waals surface area contributed by atoms with Crippen molar-refractivity contribution in [3.8, 4) is 0 Å². The van der Waals surface area contributed by atoms with Gasteiger partial charge in [0.1, 0.15) is 5.76 Å². The third-order valence-corrected chi connectivity index (χ3v) is 4.21. The summed E-state index contributed by atoms with van der Waals surface area (Å²) in [6.45, 7) is 0.279. The Balaban J connectivity index is 1.74. The maximum Gasteiger partial charge on any atom is 0.230 e. The number of carbonyl (C=O) groups is 2. The lowest BCUT2D eigenvalue weighted by Gasteiger charge is -2.36. The van der Waals surface area contributed by atoms with Crippen LogP contribution in [0.1, 0.15) is 44.3 Å². The Hall–Kier alpha value is -1.58. The predicted molar refractivity (Wildman–Crippen MR) is 64.4 cm³/mol. The number of rotatable bonds is 2. The second-order valence-corrected chi connectivity index (χ2v) is 5.51. The zero-order chi connectivity index (χ0) is 12.6. The van der Waals surface area contributed by atoms with E-state index < -0.39 is 0 Å². The van der Waals surface area contributed by atoms with E-state index in [9.17, 15) is 9.59 Å². The Morgan fingerprint density at radius 3 is 2.39 bits per heavy atom. The van der Waals surface area contributed by atoms with Crippen LogP contribution in [0, 0.1) is 5.41 Å². The van der Waals surface area contributed by atoms with Gasteiger partial charge in [-0.25, -0.2) is 0 Å². The van der Waals surface area contributed by atoms with E-state index in [1.165, 1.54) is 4.90 Å². The molecule has 2 aliphatic rings. The van der Waals surface area contributed by atoms with Crippen molar-refractivity contribution >= 4 is 11.8 Å². The SMILES string of the molecule is O=C1CC2(CCCC2)CC(=O)N1Cc1ccco1. The number of amides is 2.